The van der Waals surface area contributed by atoms with Crippen LogP contribution in [0.3, 0.4) is 0 Å². The molecule has 2 atom stereocenters. The summed E-state index contributed by atoms with van der Waals surface area (Å²) in [5.41, 5.74) is 0. The summed E-state index contributed by atoms with van der Waals surface area (Å²) in [4.78, 5) is 12.6. The van der Waals surface area contributed by atoms with E-state index in [-0.39, 0.29) is 12.5 Å². The minimum Gasteiger partial charge on any atom is -0.394 e. The van der Waals surface area contributed by atoms with Crippen LogP contribution in [0.25, 0.3) is 0 Å². The van der Waals surface area contributed by atoms with Gasteiger partial charge in [-0.1, -0.05) is 371 Å². The highest BCUT2D eigenvalue weighted by Gasteiger charge is 2.20. The van der Waals surface area contributed by atoms with E-state index in [0.717, 1.165) is 51.4 Å². The van der Waals surface area contributed by atoms with Gasteiger partial charge in [0.15, 0.2) is 0 Å². The van der Waals surface area contributed by atoms with Crippen molar-refractivity contribution in [2.24, 2.45) is 0 Å². The molecule has 3 N–H and O–H groups in total. The van der Waals surface area contributed by atoms with Crippen molar-refractivity contribution in [1.82, 2.24) is 5.32 Å². The van der Waals surface area contributed by atoms with Crippen LogP contribution in [0.1, 0.15) is 380 Å². The van der Waals surface area contributed by atoms with E-state index < -0.39 is 12.1 Å². The fourth-order valence-electron chi connectivity index (χ4n) is 10.9. The molecule has 0 fully saturated rings. The van der Waals surface area contributed by atoms with Crippen LogP contribution in [-0.2, 0) is 4.79 Å². The highest BCUT2D eigenvalue weighted by atomic mass is 16.3. The third-order valence-electron chi connectivity index (χ3n) is 16.1. The molecular formula is C71H135NO3. The van der Waals surface area contributed by atoms with Crippen molar-refractivity contribution in [3.05, 3.63) is 48.6 Å². The largest absolute Gasteiger partial charge is 0.394 e. The summed E-state index contributed by atoms with van der Waals surface area (Å²) in [5.74, 6) is -0.0247. The predicted octanol–water partition coefficient (Wildman–Crippen LogP) is 23.3. The molecule has 0 radical (unpaired) electrons. The second kappa shape index (κ2) is 66.6. The van der Waals surface area contributed by atoms with E-state index >= 15 is 0 Å². The fourth-order valence-corrected chi connectivity index (χ4v) is 10.9. The van der Waals surface area contributed by atoms with E-state index in [1.165, 1.54) is 302 Å². The van der Waals surface area contributed by atoms with Gasteiger partial charge in [-0.25, -0.2) is 0 Å². The van der Waals surface area contributed by atoms with Crippen molar-refractivity contribution in [3.63, 3.8) is 0 Å². The average molecular weight is 1050 g/mol. The molecule has 2 unspecified atom stereocenters. The van der Waals surface area contributed by atoms with Gasteiger partial charge in [-0.2, -0.15) is 0 Å². The van der Waals surface area contributed by atoms with Gasteiger partial charge in [0.05, 0.1) is 18.8 Å². The minimum absolute atomic E-state index is 0.0247. The van der Waals surface area contributed by atoms with Crippen LogP contribution in [-0.4, -0.2) is 34.9 Å². The van der Waals surface area contributed by atoms with Gasteiger partial charge in [-0.3, -0.25) is 4.79 Å². The predicted molar refractivity (Wildman–Crippen MR) is 336 cm³/mol. The Kier molecular flexibility index (Phi) is 65.2. The molecule has 75 heavy (non-hydrogen) atoms. The number of nitrogens with one attached hydrogen (secondary N) is 1. The molecule has 0 bridgehead atoms. The Labute approximate surface area is 471 Å². The van der Waals surface area contributed by atoms with Crippen molar-refractivity contribution < 1.29 is 15.0 Å². The first-order valence-corrected chi connectivity index (χ1v) is 34.3. The van der Waals surface area contributed by atoms with Gasteiger partial charge in [-0.15, -0.1) is 0 Å². The standard InChI is InChI=1S/C71H135NO3/c1-3-5-7-9-11-13-15-17-19-21-23-25-27-29-31-33-35-37-38-40-42-44-46-48-50-52-54-56-58-60-62-64-66-70(74)69(68-73)72-71(75)67-65-63-61-59-57-55-53-51-49-47-45-43-41-39-36-34-32-30-28-26-24-22-20-18-16-14-12-10-8-6-4-2/h6,8,12,14,18,20,24,26,69-70,73-74H,3-5,7,9-11,13,15-17,19,21-23,25,27-68H2,1-2H3,(H,72,75)/b8-6-,14-12-,20-18-,26-24-. The highest BCUT2D eigenvalue weighted by molar-refractivity contribution is 5.76. The maximum absolute atomic E-state index is 12.6. The van der Waals surface area contributed by atoms with Crippen LogP contribution in [0.2, 0.25) is 0 Å². The quantitative estimate of drug-likeness (QED) is 0.0420. The second-order valence-corrected chi connectivity index (χ2v) is 23.6. The molecule has 0 aliphatic heterocycles. The van der Waals surface area contributed by atoms with Gasteiger partial charge in [0.25, 0.3) is 0 Å². The molecule has 0 saturated carbocycles. The molecule has 0 aromatic rings. The van der Waals surface area contributed by atoms with Gasteiger partial charge in [0, 0.05) is 6.42 Å². The summed E-state index contributed by atoms with van der Waals surface area (Å²) in [6.07, 6.45) is 93.1. The van der Waals surface area contributed by atoms with Crippen LogP contribution in [0.15, 0.2) is 48.6 Å². The van der Waals surface area contributed by atoms with Crippen LogP contribution in [0.5, 0.6) is 0 Å². The molecule has 0 aromatic heterocycles. The lowest BCUT2D eigenvalue weighted by atomic mass is 10.0. The average Bonchev–Trinajstić information content (AvgIpc) is 3.41. The SMILES string of the molecule is CC/C=C\C/C=C\C/C=C\C/C=C\CCCCCCCCCCCCCCCCCCCCC(=O)NC(CO)C(O)CCCCCCCCCCCCCCCCCCCCCCCCCCCCCCCCCC. The third-order valence-corrected chi connectivity index (χ3v) is 16.1. The molecule has 0 spiro atoms. The van der Waals surface area contributed by atoms with Crippen molar-refractivity contribution in [2.75, 3.05) is 6.61 Å². The monoisotopic (exact) mass is 1050 g/mol. The topological polar surface area (TPSA) is 69.6 Å². The van der Waals surface area contributed by atoms with Crippen molar-refractivity contribution in [3.8, 4) is 0 Å². The second-order valence-electron chi connectivity index (χ2n) is 23.6. The Morgan fingerprint density at radius 1 is 0.333 bits per heavy atom. The molecule has 0 rings (SSSR count). The lowest BCUT2D eigenvalue weighted by Crippen LogP contribution is -2.45. The number of allylic oxidation sites excluding steroid dienone is 8. The van der Waals surface area contributed by atoms with E-state index in [0.29, 0.717) is 12.8 Å². The highest BCUT2D eigenvalue weighted by Crippen LogP contribution is 2.19. The number of hydrogen-bond acceptors (Lipinski definition) is 3. The first kappa shape index (κ1) is 73.3. The zero-order valence-corrected chi connectivity index (χ0v) is 51.1. The van der Waals surface area contributed by atoms with Crippen LogP contribution >= 0.6 is 0 Å². The van der Waals surface area contributed by atoms with Crippen molar-refractivity contribution in [2.45, 2.75) is 392 Å². The lowest BCUT2D eigenvalue weighted by molar-refractivity contribution is -0.123. The Morgan fingerprint density at radius 3 is 0.880 bits per heavy atom. The first-order chi connectivity index (χ1) is 37.2. The van der Waals surface area contributed by atoms with Crippen LogP contribution in [0.4, 0.5) is 0 Å². The summed E-state index contributed by atoms with van der Waals surface area (Å²) in [5, 5.41) is 23.5. The number of amides is 1. The summed E-state index contributed by atoms with van der Waals surface area (Å²) >= 11 is 0. The lowest BCUT2D eigenvalue weighted by Gasteiger charge is -2.22. The maximum Gasteiger partial charge on any atom is 0.220 e. The maximum atomic E-state index is 12.6. The van der Waals surface area contributed by atoms with E-state index in [9.17, 15) is 15.0 Å². The van der Waals surface area contributed by atoms with Crippen molar-refractivity contribution in [1.29, 1.82) is 0 Å². The molecule has 4 nitrogen and oxygen atoms in total. The zero-order chi connectivity index (χ0) is 54.1. The Bertz CT molecular complexity index is 1190. The fraction of sp³-hybridized carbons (Fsp3) is 0.873. The molecule has 0 aliphatic rings. The summed E-state index contributed by atoms with van der Waals surface area (Å²) < 4.78 is 0. The molecule has 4 heteroatoms. The third kappa shape index (κ3) is 63.1. The van der Waals surface area contributed by atoms with Gasteiger partial charge < -0.3 is 15.5 Å². The smallest absolute Gasteiger partial charge is 0.220 e. The van der Waals surface area contributed by atoms with Crippen molar-refractivity contribution >= 4 is 5.91 Å². The number of carbonyl (C=O) groups excluding carboxylic acids is 1. The zero-order valence-electron chi connectivity index (χ0n) is 51.1. The molecule has 0 aliphatic carbocycles. The van der Waals surface area contributed by atoms with E-state index in [4.69, 9.17) is 0 Å². The summed E-state index contributed by atoms with van der Waals surface area (Å²) in [6, 6.07) is -0.538. The number of aliphatic hydroxyl groups excluding tert-OH is 2. The van der Waals surface area contributed by atoms with Gasteiger partial charge in [-0.05, 0) is 51.4 Å². The molecule has 1 amide bonds. The number of hydrogen-bond donors (Lipinski definition) is 3. The van der Waals surface area contributed by atoms with E-state index in [1.54, 1.807) is 0 Å². The molecule has 0 aromatic carbocycles. The number of aliphatic hydroxyl groups is 2. The molecule has 0 heterocycles. The molecule has 0 saturated heterocycles. The minimum atomic E-state index is -0.661. The van der Waals surface area contributed by atoms with Gasteiger partial charge in [0.2, 0.25) is 5.91 Å². The van der Waals surface area contributed by atoms with Crippen LogP contribution < -0.4 is 5.32 Å². The number of carbonyl (C=O) groups is 1. The summed E-state index contributed by atoms with van der Waals surface area (Å²) in [7, 11) is 0. The van der Waals surface area contributed by atoms with E-state index in [1.807, 2.05) is 0 Å². The van der Waals surface area contributed by atoms with Gasteiger partial charge in [0.1, 0.15) is 0 Å². The Morgan fingerprint density at radius 2 is 0.587 bits per heavy atom. The Balaban J connectivity index is 3.39. The Hall–Kier alpha value is -1.65. The molecular weight excluding hydrogens is 915 g/mol. The molecule has 442 valence electrons. The summed E-state index contributed by atoms with van der Waals surface area (Å²) in [6.45, 7) is 4.29. The number of rotatable bonds is 64. The van der Waals surface area contributed by atoms with Gasteiger partial charge >= 0.3 is 0 Å². The number of unbranched alkanes of at least 4 members (excludes halogenated alkanes) is 49. The normalized spacial score (nSPS) is 13.0. The first-order valence-electron chi connectivity index (χ1n) is 34.3. The van der Waals surface area contributed by atoms with Crippen LogP contribution in [0, 0.1) is 0 Å². The van der Waals surface area contributed by atoms with E-state index in [2.05, 4.69) is 67.8 Å².